The third kappa shape index (κ3) is 3.07. The van der Waals surface area contributed by atoms with Crippen LogP contribution in [-0.4, -0.2) is 72.7 Å². The lowest BCUT2D eigenvalue weighted by molar-refractivity contribution is 0.0963. The Balaban J connectivity index is 1.72. The van der Waals surface area contributed by atoms with E-state index in [9.17, 15) is 14.0 Å². The fourth-order valence-electron chi connectivity index (χ4n) is 2.89. The normalized spacial score (nSPS) is 21.2. The van der Waals surface area contributed by atoms with Crippen molar-refractivity contribution in [1.29, 1.82) is 0 Å². The first-order valence-electron chi connectivity index (χ1n) is 7.61. The molecule has 0 spiro atoms. The van der Waals surface area contributed by atoms with Crippen molar-refractivity contribution >= 4 is 23.6 Å². The molecule has 8 nitrogen and oxygen atoms in total. The highest BCUT2D eigenvalue weighted by Crippen LogP contribution is 2.28. The molecule has 2 fully saturated rings. The van der Waals surface area contributed by atoms with Crippen molar-refractivity contribution in [2.24, 2.45) is 0 Å². The molecule has 1 atom stereocenters. The van der Waals surface area contributed by atoms with Gasteiger partial charge in [0, 0.05) is 26.2 Å². The van der Waals surface area contributed by atoms with Crippen LogP contribution in [0.15, 0.2) is 18.2 Å². The molecule has 0 radical (unpaired) electrons. The minimum absolute atomic E-state index is 0.172. The number of carbonyl (C=O) groups is 2. The second kappa shape index (κ2) is 6.52. The van der Waals surface area contributed by atoms with Gasteiger partial charge in [-0.25, -0.2) is 14.0 Å². The van der Waals surface area contributed by atoms with Gasteiger partial charge in [0.1, 0.15) is 11.9 Å². The van der Waals surface area contributed by atoms with Crippen LogP contribution in [0.25, 0.3) is 0 Å². The SMILES string of the molecule is O=C(O)N1CCN(c2ccc(N3C[C@@H](CO)OC3=O)cc2F)CC1. The summed E-state index contributed by atoms with van der Waals surface area (Å²) in [4.78, 5) is 27.0. The molecule has 2 amide bonds. The van der Waals surface area contributed by atoms with Crippen LogP contribution in [0.3, 0.4) is 0 Å². The number of hydrogen-bond acceptors (Lipinski definition) is 5. The first kappa shape index (κ1) is 16.3. The van der Waals surface area contributed by atoms with E-state index in [4.69, 9.17) is 14.9 Å². The van der Waals surface area contributed by atoms with Gasteiger partial charge in [0.05, 0.1) is 24.5 Å². The first-order valence-corrected chi connectivity index (χ1v) is 7.61. The summed E-state index contributed by atoms with van der Waals surface area (Å²) in [6.07, 6.45) is -2.20. The molecule has 2 saturated heterocycles. The van der Waals surface area contributed by atoms with E-state index in [2.05, 4.69) is 0 Å². The fourth-order valence-corrected chi connectivity index (χ4v) is 2.89. The molecular weight excluding hydrogens is 321 g/mol. The maximum Gasteiger partial charge on any atom is 0.414 e. The topological polar surface area (TPSA) is 93.6 Å². The van der Waals surface area contributed by atoms with Crippen molar-refractivity contribution in [3.05, 3.63) is 24.0 Å². The number of rotatable bonds is 3. The molecule has 0 saturated carbocycles. The maximum atomic E-state index is 14.5. The highest BCUT2D eigenvalue weighted by molar-refractivity contribution is 5.90. The van der Waals surface area contributed by atoms with Gasteiger partial charge >= 0.3 is 12.2 Å². The molecular formula is C15H18FN3O5. The summed E-state index contributed by atoms with van der Waals surface area (Å²) < 4.78 is 19.4. The Morgan fingerprint density at radius 1 is 1.29 bits per heavy atom. The molecule has 9 heteroatoms. The number of benzene rings is 1. The van der Waals surface area contributed by atoms with Crippen molar-refractivity contribution < 1.29 is 28.9 Å². The summed E-state index contributed by atoms with van der Waals surface area (Å²) in [5.41, 5.74) is 0.733. The molecule has 0 aliphatic carbocycles. The summed E-state index contributed by atoms with van der Waals surface area (Å²) in [5.74, 6) is -0.489. The zero-order chi connectivity index (χ0) is 17.3. The molecule has 2 N–H and O–H groups in total. The second-order valence-corrected chi connectivity index (χ2v) is 5.69. The van der Waals surface area contributed by atoms with E-state index in [-0.39, 0.29) is 13.2 Å². The van der Waals surface area contributed by atoms with E-state index in [0.717, 1.165) is 0 Å². The van der Waals surface area contributed by atoms with Crippen LogP contribution in [0.1, 0.15) is 0 Å². The number of carboxylic acid groups (broad SMARTS) is 1. The average molecular weight is 339 g/mol. The molecule has 3 rings (SSSR count). The predicted molar refractivity (Wildman–Crippen MR) is 82.9 cm³/mol. The van der Waals surface area contributed by atoms with E-state index in [1.54, 1.807) is 17.0 Å². The lowest BCUT2D eigenvalue weighted by Gasteiger charge is -2.34. The third-order valence-electron chi connectivity index (χ3n) is 4.21. The third-order valence-corrected chi connectivity index (χ3v) is 4.21. The number of anilines is 2. The molecule has 1 aromatic rings. The molecule has 0 unspecified atom stereocenters. The highest BCUT2D eigenvalue weighted by Gasteiger charge is 2.32. The molecule has 2 aliphatic rings. The number of piperazine rings is 1. The van der Waals surface area contributed by atoms with E-state index in [1.165, 1.54) is 15.9 Å². The second-order valence-electron chi connectivity index (χ2n) is 5.69. The van der Waals surface area contributed by atoms with E-state index < -0.39 is 24.1 Å². The minimum Gasteiger partial charge on any atom is -0.465 e. The molecule has 2 heterocycles. The van der Waals surface area contributed by atoms with Gasteiger partial charge in [-0.15, -0.1) is 0 Å². The molecule has 0 aromatic heterocycles. The Bertz CT molecular complexity index is 648. The number of hydrogen-bond donors (Lipinski definition) is 2. The van der Waals surface area contributed by atoms with Crippen LogP contribution in [0.4, 0.5) is 25.4 Å². The van der Waals surface area contributed by atoms with Crippen LogP contribution in [0.5, 0.6) is 0 Å². The number of ether oxygens (including phenoxy) is 1. The zero-order valence-corrected chi connectivity index (χ0v) is 12.9. The van der Waals surface area contributed by atoms with Crippen molar-refractivity contribution in [2.75, 3.05) is 49.1 Å². The molecule has 130 valence electrons. The number of carbonyl (C=O) groups excluding carboxylic acids is 1. The van der Waals surface area contributed by atoms with Crippen LogP contribution < -0.4 is 9.80 Å². The minimum atomic E-state index is -0.976. The van der Waals surface area contributed by atoms with Gasteiger partial charge in [0.2, 0.25) is 0 Å². The van der Waals surface area contributed by atoms with E-state index >= 15 is 0 Å². The lowest BCUT2D eigenvalue weighted by Crippen LogP contribution is -2.48. The van der Waals surface area contributed by atoms with Gasteiger partial charge in [0.15, 0.2) is 0 Å². The lowest BCUT2D eigenvalue weighted by atomic mass is 10.2. The van der Waals surface area contributed by atoms with Gasteiger partial charge in [-0.2, -0.15) is 0 Å². The number of amides is 2. The number of nitrogens with zero attached hydrogens (tertiary/aromatic N) is 3. The number of aliphatic hydroxyl groups excluding tert-OH is 1. The van der Waals surface area contributed by atoms with Gasteiger partial charge < -0.3 is 24.7 Å². The Morgan fingerprint density at radius 3 is 2.54 bits per heavy atom. The Hall–Kier alpha value is -2.55. The van der Waals surface area contributed by atoms with Crippen molar-refractivity contribution in [3.8, 4) is 0 Å². The van der Waals surface area contributed by atoms with Gasteiger partial charge in [0.25, 0.3) is 0 Å². The summed E-state index contributed by atoms with van der Waals surface area (Å²) in [6.45, 7) is 1.32. The van der Waals surface area contributed by atoms with Gasteiger partial charge in [-0.05, 0) is 18.2 Å². The Morgan fingerprint density at radius 2 is 2.00 bits per heavy atom. The summed E-state index contributed by atoms with van der Waals surface area (Å²) in [5, 5.41) is 18.0. The smallest absolute Gasteiger partial charge is 0.414 e. The van der Waals surface area contributed by atoms with Crippen LogP contribution >= 0.6 is 0 Å². The quantitative estimate of drug-likeness (QED) is 0.851. The standard InChI is InChI=1S/C15H18FN3O5/c16-12-7-10(19-8-11(9-20)24-15(19)23)1-2-13(12)17-3-5-18(6-4-17)14(21)22/h1-2,7,11,20H,3-6,8-9H2,(H,21,22)/t11-/m0/s1. The summed E-state index contributed by atoms with van der Waals surface area (Å²) >= 11 is 0. The van der Waals surface area contributed by atoms with Gasteiger partial charge in [-0.1, -0.05) is 0 Å². The van der Waals surface area contributed by atoms with Gasteiger partial charge in [-0.3, -0.25) is 4.90 Å². The van der Waals surface area contributed by atoms with Crippen LogP contribution in [0, 0.1) is 5.82 Å². The number of aliphatic hydroxyl groups is 1. The first-order chi connectivity index (χ1) is 11.5. The number of cyclic esters (lactones) is 1. The summed E-state index contributed by atoms with van der Waals surface area (Å²) in [6, 6.07) is 4.43. The van der Waals surface area contributed by atoms with Crippen molar-refractivity contribution in [2.45, 2.75) is 6.10 Å². The maximum absolute atomic E-state index is 14.5. The van der Waals surface area contributed by atoms with Crippen LogP contribution in [0.2, 0.25) is 0 Å². The average Bonchev–Trinajstić information content (AvgIpc) is 2.96. The monoisotopic (exact) mass is 339 g/mol. The Kier molecular flexibility index (Phi) is 4.43. The van der Waals surface area contributed by atoms with E-state index in [1.807, 2.05) is 0 Å². The Labute approximate surface area is 137 Å². The fraction of sp³-hybridized carbons (Fsp3) is 0.467. The number of halogens is 1. The predicted octanol–water partition coefficient (Wildman–Crippen LogP) is 0.943. The van der Waals surface area contributed by atoms with Crippen molar-refractivity contribution in [3.63, 3.8) is 0 Å². The summed E-state index contributed by atoms with van der Waals surface area (Å²) in [7, 11) is 0. The molecule has 1 aromatic carbocycles. The highest BCUT2D eigenvalue weighted by atomic mass is 19.1. The molecule has 2 aliphatic heterocycles. The molecule has 24 heavy (non-hydrogen) atoms. The zero-order valence-electron chi connectivity index (χ0n) is 12.9. The van der Waals surface area contributed by atoms with Crippen LogP contribution in [-0.2, 0) is 4.74 Å². The van der Waals surface area contributed by atoms with E-state index in [0.29, 0.717) is 37.6 Å². The largest absolute Gasteiger partial charge is 0.465 e. The van der Waals surface area contributed by atoms with Crippen molar-refractivity contribution in [1.82, 2.24) is 4.90 Å². The molecule has 0 bridgehead atoms.